The van der Waals surface area contributed by atoms with Gasteiger partial charge in [-0.2, -0.15) is 0 Å². The molecule has 0 radical (unpaired) electrons. The van der Waals surface area contributed by atoms with E-state index in [9.17, 15) is 14.4 Å². The van der Waals surface area contributed by atoms with Crippen LogP contribution >= 0.6 is 0 Å². The molecule has 6 heteroatoms. The third kappa shape index (κ3) is 4.56. The van der Waals surface area contributed by atoms with Gasteiger partial charge in [-0.1, -0.05) is 6.08 Å². The van der Waals surface area contributed by atoms with Gasteiger partial charge >= 0.3 is 5.97 Å². The van der Waals surface area contributed by atoms with Gasteiger partial charge in [0, 0.05) is 18.2 Å². The first-order valence-electron chi connectivity index (χ1n) is 5.96. The molecule has 2 amide bonds. The third-order valence-electron chi connectivity index (χ3n) is 2.47. The average Bonchev–Trinajstić information content (AvgIpc) is 2.38. The number of aliphatic carboxylic acids is 1. The number of carboxylic acid groups (broad SMARTS) is 1. The fourth-order valence-electron chi connectivity index (χ4n) is 1.54. The lowest BCUT2D eigenvalue weighted by Crippen LogP contribution is -2.40. The van der Waals surface area contributed by atoms with Gasteiger partial charge in [0.1, 0.15) is 6.04 Å². The van der Waals surface area contributed by atoms with Crippen molar-refractivity contribution in [1.29, 1.82) is 0 Å². The molecule has 6 nitrogen and oxygen atoms in total. The largest absolute Gasteiger partial charge is 0.480 e. The standard InChI is InChI=1S/C14H16N2O4/c1-3-4-12(14(19)20)16-13(18)10-5-7-11(8-6-10)15-9(2)17/h3,5-8,12H,1,4H2,2H3,(H,15,17)(H,16,18)(H,19,20)/t12-/m0/s1. The lowest BCUT2D eigenvalue weighted by atomic mass is 10.1. The van der Waals surface area contributed by atoms with E-state index in [2.05, 4.69) is 17.2 Å². The maximum Gasteiger partial charge on any atom is 0.326 e. The van der Waals surface area contributed by atoms with Gasteiger partial charge in [-0.25, -0.2) is 4.79 Å². The number of amides is 2. The summed E-state index contributed by atoms with van der Waals surface area (Å²) in [6.45, 7) is 4.83. The highest BCUT2D eigenvalue weighted by molar-refractivity contribution is 5.97. The molecule has 1 atom stereocenters. The van der Waals surface area contributed by atoms with Crippen LogP contribution in [0.2, 0.25) is 0 Å². The Kier molecular flexibility index (Phi) is 5.46. The van der Waals surface area contributed by atoms with Gasteiger partial charge in [0.05, 0.1) is 0 Å². The highest BCUT2D eigenvalue weighted by Gasteiger charge is 2.18. The minimum atomic E-state index is -1.12. The number of carbonyl (C=O) groups excluding carboxylic acids is 2. The molecule has 0 aromatic heterocycles. The molecule has 1 aromatic carbocycles. The summed E-state index contributed by atoms with van der Waals surface area (Å²) in [6.07, 6.45) is 1.57. The molecule has 0 saturated heterocycles. The molecule has 20 heavy (non-hydrogen) atoms. The number of hydrogen-bond donors (Lipinski definition) is 3. The van der Waals surface area contributed by atoms with Crippen LogP contribution in [0, 0.1) is 0 Å². The van der Waals surface area contributed by atoms with E-state index in [0.29, 0.717) is 11.3 Å². The lowest BCUT2D eigenvalue weighted by Gasteiger charge is -2.12. The number of hydrogen-bond acceptors (Lipinski definition) is 3. The Labute approximate surface area is 116 Å². The molecule has 0 aliphatic carbocycles. The van der Waals surface area contributed by atoms with Crippen molar-refractivity contribution in [2.45, 2.75) is 19.4 Å². The van der Waals surface area contributed by atoms with E-state index in [4.69, 9.17) is 5.11 Å². The summed E-state index contributed by atoms with van der Waals surface area (Å²) in [6, 6.07) is 5.15. The minimum Gasteiger partial charge on any atom is -0.480 e. The van der Waals surface area contributed by atoms with Crippen molar-refractivity contribution in [3.05, 3.63) is 42.5 Å². The Morgan fingerprint density at radius 1 is 1.30 bits per heavy atom. The summed E-state index contributed by atoms with van der Waals surface area (Å²) in [4.78, 5) is 33.7. The van der Waals surface area contributed by atoms with Crippen LogP contribution in [0.25, 0.3) is 0 Å². The van der Waals surface area contributed by atoms with Crippen LogP contribution in [0.4, 0.5) is 5.69 Å². The Morgan fingerprint density at radius 3 is 2.35 bits per heavy atom. The Morgan fingerprint density at radius 2 is 1.90 bits per heavy atom. The van der Waals surface area contributed by atoms with Gasteiger partial charge < -0.3 is 15.7 Å². The zero-order valence-electron chi connectivity index (χ0n) is 11.1. The number of carboxylic acids is 1. The maximum atomic E-state index is 11.9. The summed E-state index contributed by atoms with van der Waals surface area (Å²) in [5.74, 6) is -1.82. The molecule has 106 valence electrons. The first kappa shape index (κ1) is 15.4. The quantitative estimate of drug-likeness (QED) is 0.684. The monoisotopic (exact) mass is 276 g/mol. The summed E-state index contributed by atoms with van der Waals surface area (Å²) >= 11 is 0. The first-order valence-corrected chi connectivity index (χ1v) is 5.96. The maximum absolute atomic E-state index is 11.9. The number of benzene rings is 1. The van der Waals surface area contributed by atoms with Crippen molar-refractivity contribution in [2.24, 2.45) is 0 Å². The van der Waals surface area contributed by atoms with Crippen LogP contribution in [0.3, 0.4) is 0 Å². The summed E-state index contributed by atoms with van der Waals surface area (Å²) in [5.41, 5.74) is 0.879. The smallest absolute Gasteiger partial charge is 0.326 e. The van der Waals surface area contributed by atoms with Crippen molar-refractivity contribution in [3.8, 4) is 0 Å². The lowest BCUT2D eigenvalue weighted by molar-refractivity contribution is -0.139. The van der Waals surface area contributed by atoms with E-state index in [-0.39, 0.29) is 12.3 Å². The molecule has 1 aromatic rings. The number of rotatable bonds is 6. The van der Waals surface area contributed by atoms with E-state index in [0.717, 1.165) is 0 Å². The van der Waals surface area contributed by atoms with Gasteiger partial charge in [0.15, 0.2) is 0 Å². The summed E-state index contributed by atoms with van der Waals surface area (Å²) in [5, 5.41) is 13.9. The highest BCUT2D eigenvalue weighted by atomic mass is 16.4. The number of anilines is 1. The van der Waals surface area contributed by atoms with Crippen molar-refractivity contribution in [2.75, 3.05) is 5.32 Å². The predicted molar refractivity (Wildman–Crippen MR) is 74.4 cm³/mol. The number of carbonyl (C=O) groups is 3. The fraction of sp³-hybridized carbons (Fsp3) is 0.214. The van der Waals surface area contributed by atoms with E-state index in [1.165, 1.54) is 25.1 Å². The van der Waals surface area contributed by atoms with Crippen molar-refractivity contribution >= 4 is 23.5 Å². The highest BCUT2D eigenvalue weighted by Crippen LogP contribution is 2.10. The molecule has 0 saturated carbocycles. The number of nitrogens with one attached hydrogen (secondary N) is 2. The van der Waals surface area contributed by atoms with Gasteiger partial charge in [-0.05, 0) is 30.7 Å². The minimum absolute atomic E-state index is 0.144. The van der Waals surface area contributed by atoms with Gasteiger partial charge in [-0.3, -0.25) is 9.59 Å². The molecular weight excluding hydrogens is 260 g/mol. The van der Waals surface area contributed by atoms with Crippen LogP contribution in [0.5, 0.6) is 0 Å². The molecular formula is C14H16N2O4. The molecule has 0 unspecified atom stereocenters. The zero-order valence-corrected chi connectivity index (χ0v) is 11.1. The third-order valence-corrected chi connectivity index (χ3v) is 2.47. The van der Waals surface area contributed by atoms with E-state index >= 15 is 0 Å². The Bertz CT molecular complexity index is 522. The van der Waals surface area contributed by atoms with Crippen molar-refractivity contribution in [1.82, 2.24) is 5.32 Å². The second kappa shape index (κ2) is 7.08. The van der Waals surface area contributed by atoms with Crippen LogP contribution in [0.1, 0.15) is 23.7 Å². The molecule has 3 N–H and O–H groups in total. The van der Waals surface area contributed by atoms with Crippen LogP contribution < -0.4 is 10.6 Å². The van der Waals surface area contributed by atoms with Crippen LogP contribution in [0.15, 0.2) is 36.9 Å². The molecule has 0 aliphatic rings. The second-order valence-corrected chi connectivity index (χ2v) is 4.15. The van der Waals surface area contributed by atoms with Crippen molar-refractivity contribution in [3.63, 3.8) is 0 Å². The Balaban J connectivity index is 2.74. The van der Waals surface area contributed by atoms with E-state index in [1.807, 2.05) is 0 Å². The first-order chi connectivity index (χ1) is 9.43. The zero-order chi connectivity index (χ0) is 15.1. The summed E-state index contributed by atoms with van der Waals surface area (Å²) < 4.78 is 0. The predicted octanol–water partition coefficient (Wildman–Crippen LogP) is 1.40. The van der Waals surface area contributed by atoms with Gasteiger partial charge in [0.25, 0.3) is 5.91 Å². The normalized spacial score (nSPS) is 11.2. The molecule has 1 rings (SSSR count). The topological polar surface area (TPSA) is 95.5 Å². The van der Waals surface area contributed by atoms with Gasteiger partial charge in [-0.15, -0.1) is 6.58 Å². The van der Waals surface area contributed by atoms with Crippen molar-refractivity contribution < 1.29 is 19.5 Å². The van der Waals surface area contributed by atoms with Crippen LogP contribution in [-0.4, -0.2) is 28.9 Å². The fourth-order valence-corrected chi connectivity index (χ4v) is 1.54. The van der Waals surface area contributed by atoms with Gasteiger partial charge in [0.2, 0.25) is 5.91 Å². The molecule has 0 heterocycles. The Hall–Kier alpha value is -2.63. The molecule has 0 aliphatic heterocycles. The molecule has 0 bridgehead atoms. The second-order valence-electron chi connectivity index (χ2n) is 4.15. The SMILES string of the molecule is C=CC[C@H](NC(=O)c1ccc(NC(C)=O)cc1)C(=O)O. The van der Waals surface area contributed by atoms with E-state index in [1.54, 1.807) is 12.1 Å². The van der Waals surface area contributed by atoms with E-state index < -0.39 is 17.9 Å². The summed E-state index contributed by atoms with van der Waals surface area (Å²) in [7, 11) is 0. The molecule has 0 spiro atoms. The van der Waals surface area contributed by atoms with Crippen LogP contribution in [-0.2, 0) is 9.59 Å². The molecule has 0 fully saturated rings. The average molecular weight is 276 g/mol.